The van der Waals surface area contributed by atoms with E-state index >= 15 is 0 Å². The van der Waals surface area contributed by atoms with Gasteiger partial charge in [0.2, 0.25) is 5.91 Å². The Labute approximate surface area is 109 Å². The fourth-order valence-corrected chi connectivity index (χ4v) is 2.89. The number of ether oxygens (including phenoxy) is 1. The highest BCUT2D eigenvalue weighted by molar-refractivity contribution is 5.75. The highest BCUT2D eigenvalue weighted by atomic mass is 16.5. The fourth-order valence-electron chi connectivity index (χ4n) is 2.89. The lowest BCUT2D eigenvalue weighted by Gasteiger charge is -2.41. The van der Waals surface area contributed by atoms with E-state index in [1.165, 1.54) is 0 Å². The Kier molecular flexibility index (Phi) is 4.97. The van der Waals surface area contributed by atoms with Crippen molar-refractivity contribution in [2.45, 2.75) is 38.3 Å². The van der Waals surface area contributed by atoms with Crippen molar-refractivity contribution < 1.29 is 14.6 Å². The largest absolute Gasteiger partial charge is 0.394 e. The molecule has 0 aromatic carbocycles. The molecule has 5 heteroatoms. The molecule has 2 fully saturated rings. The van der Waals surface area contributed by atoms with E-state index in [-0.39, 0.29) is 18.6 Å². The first-order valence-corrected chi connectivity index (χ1v) is 6.99. The Morgan fingerprint density at radius 1 is 1.33 bits per heavy atom. The third kappa shape index (κ3) is 3.22. The molecule has 1 unspecified atom stereocenters. The molecule has 2 heterocycles. The second-order valence-corrected chi connectivity index (χ2v) is 5.14. The summed E-state index contributed by atoms with van der Waals surface area (Å²) in [6.45, 7) is 6.24. The number of aliphatic hydroxyl groups is 1. The van der Waals surface area contributed by atoms with E-state index in [0.717, 1.165) is 39.0 Å². The third-order valence-corrected chi connectivity index (χ3v) is 4.01. The van der Waals surface area contributed by atoms with Gasteiger partial charge < -0.3 is 14.7 Å². The number of morpholine rings is 1. The molecular formula is C13H24N2O3. The van der Waals surface area contributed by atoms with Crippen molar-refractivity contribution in [2.75, 3.05) is 39.4 Å². The summed E-state index contributed by atoms with van der Waals surface area (Å²) >= 11 is 0. The molecule has 5 nitrogen and oxygen atoms in total. The normalized spacial score (nSPS) is 27.4. The summed E-state index contributed by atoms with van der Waals surface area (Å²) in [4.78, 5) is 16.0. The van der Waals surface area contributed by atoms with E-state index in [4.69, 9.17) is 9.84 Å². The zero-order valence-electron chi connectivity index (χ0n) is 11.2. The Morgan fingerprint density at radius 3 is 2.67 bits per heavy atom. The van der Waals surface area contributed by atoms with Gasteiger partial charge in [0.1, 0.15) is 0 Å². The van der Waals surface area contributed by atoms with Gasteiger partial charge >= 0.3 is 0 Å². The summed E-state index contributed by atoms with van der Waals surface area (Å²) in [5, 5.41) is 9.15. The van der Waals surface area contributed by atoms with Crippen LogP contribution in [-0.2, 0) is 9.53 Å². The maximum atomic E-state index is 11.6. The Bertz CT molecular complexity index is 277. The number of aliphatic hydroxyl groups excluding tert-OH is 1. The molecule has 2 saturated heterocycles. The molecule has 0 saturated carbocycles. The molecule has 0 aromatic heterocycles. The summed E-state index contributed by atoms with van der Waals surface area (Å²) in [7, 11) is 0. The van der Waals surface area contributed by atoms with Gasteiger partial charge in [-0.05, 0) is 12.8 Å². The number of amides is 1. The number of nitrogens with zero attached hydrogens (tertiary/aromatic N) is 2. The molecular weight excluding hydrogens is 232 g/mol. The van der Waals surface area contributed by atoms with Crippen molar-refractivity contribution in [1.82, 2.24) is 9.80 Å². The number of likely N-dealkylation sites (tertiary alicyclic amines) is 1. The van der Waals surface area contributed by atoms with Gasteiger partial charge in [-0.2, -0.15) is 0 Å². The van der Waals surface area contributed by atoms with Crippen molar-refractivity contribution in [3.8, 4) is 0 Å². The van der Waals surface area contributed by atoms with E-state index in [0.29, 0.717) is 19.1 Å². The Hall–Kier alpha value is -0.650. The number of piperidine rings is 1. The summed E-state index contributed by atoms with van der Waals surface area (Å²) in [6.07, 6.45) is 2.66. The summed E-state index contributed by atoms with van der Waals surface area (Å²) in [5.41, 5.74) is 0. The molecule has 1 atom stereocenters. The lowest BCUT2D eigenvalue weighted by atomic mass is 10.0. The van der Waals surface area contributed by atoms with Crippen LogP contribution in [0.3, 0.4) is 0 Å². The van der Waals surface area contributed by atoms with Gasteiger partial charge in [0.25, 0.3) is 0 Å². The topological polar surface area (TPSA) is 53.0 Å². The summed E-state index contributed by atoms with van der Waals surface area (Å²) in [5.74, 6) is 0.267. The quantitative estimate of drug-likeness (QED) is 0.777. The van der Waals surface area contributed by atoms with E-state index < -0.39 is 0 Å². The number of rotatable bonds is 3. The van der Waals surface area contributed by atoms with Crippen LogP contribution in [0.2, 0.25) is 0 Å². The molecule has 1 N–H and O–H groups in total. The second kappa shape index (κ2) is 6.50. The van der Waals surface area contributed by atoms with E-state index in [9.17, 15) is 4.79 Å². The van der Waals surface area contributed by atoms with E-state index in [1.54, 1.807) is 0 Å². The zero-order chi connectivity index (χ0) is 13.0. The van der Waals surface area contributed by atoms with Crippen LogP contribution < -0.4 is 0 Å². The van der Waals surface area contributed by atoms with Gasteiger partial charge in [0.15, 0.2) is 0 Å². The van der Waals surface area contributed by atoms with Crippen molar-refractivity contribution in [3.63, 3.8) is 0 Å². The third-order valence-electron chi connectivity index (χ3n) is 4.01. The molecule has 0 aromatic rings. The van der Waals surface area contributed by atoms with Crippen LogP contribution in [0.1, 0.15) is 26.2 Å². The fraction of sp³-hybridized carbons (Fsp3) is 0.923. The second-order valence-electron chi connectivity index (χ2n) is 5.14. The maximum absolute atomic E-state index is 11.6. The minimum Gasteiger partial charge on any atom is -0.394 e. The first kappa shape index (κ1) is 13.8. The minimum absolute atomic E-state index is 0.0333. The summed E-state index contributed by atoms with van der Waals surface area (Å²) in [6, 6.07) is 0.545. The molecule has 0 aliphatic carbocycles. The molecule has 0 radical (unpaired) electrons. The van der Waals surface area contributed by atoms with Gasteiger partial charge in [0, 0.05) is 38.6 Å². The minimum atomic E-state index is -0.0333. The van der Waals surface area contributed by atoms with Crippen molar-refractivity contribution in [1.29, 1.82) is 0 Å². The van der Waals surface area contributed by atoms with Crippen molar-refractivity contribution in [3.05, 3.63) is 0 Å². The van der Waals surface area contributed by atoms with Crippen LogP contribution in [0, 0.1) is 0 Å². The number of carbonyl (C=O) groups excluding carboxylic acids is 1. The number of carbonyl (C=O) groups is 1. The van der Waals surface area contributed by atoms with Crippen LogP contribution in [0.15, 0.2) is 0 Å². The molecule has 1 amide bonds. The number of hydrogen-bond donors (Lipinski definition) is 1. The maximum Gasteiger partial charge on any atom is 0.222 e. The first-order valence-electron chi connectivity index (χ1n) is 6.99. The smallest absolute Gasteiger partial charge is 0.222 e. The van der Waals surface area contributed by atoms with Gasteiger partial charge in [-0.1, -0.05) is 6.92 Å². The lowest BCUT2D eigenvalue weighted by molar-refractivity contribution is -0.133. The lowest BCUT2D eigenvalue weighted by Crippen LogP contribution is -2.52. The average molecular weight is 256 g/mol. The van der Waals surface area contributed by atoms with Crippen LogP contribution in [0.25, 0.3) is 0 Å². The van der Waals surface area contributed by atoms with Crippen LogP contribution >= 0.6 is 0 Å². The van der Waals surface area contributed by atoms with Crippen LogP contribution in [0.5, 0.6) is 0 Å². The van der Waals surface area contributed by atoms with Gasteiger partial charge in [-0.3, -0.25) is 9.69 Å². The predicted molar refractivity (Wildman–Crippen MR) is 68.3 cm³/mol. The van der Waals surface area contributed by atoms with Crippen molar-refractivity contribution in [2.24, 2.45) is 0 Å². The van der Waals surface area contributed by atoms with E-state index in [1.807, 2.05) is 11.8 Å². The molecule has 2 aliphatic rings. The molecule has 2 rings (SSSR count). The molecule has 104 valence electrons. The van der Waals surface area contributed by atoms with Crippen LogP contribution in [-0.4, -0.2) is 72.4 Å². The SMILES string of the molecule is CCC(=O)N1CCC(N2CCOC(CO)C2)CC1. The van der Waals surface area contributed by atoms with Gasteiger partial charge in [-0.15, -0.1) is 0 Å². The summed E-state index contributed by atoms with van der Waals surface area (Å²) < 4.78 is 5.47. The molecule has 0 bridgehead atoms. The Morgan fingerprint density at radius 2 is 2.06 bits per heavy atom. The Balaban J connectivity index is 1.80. The monoisotopic (exact) mass is 256 g/mol. The molecule has 2 aliphatic heterocycles. The molecule has 18 heavy (non-hydrogen) atoms. The number of hydrogen-bond acceptors (Lipinski definition) is 4. The zero-order valence-corrected chi connectivity index (χ0v) is 11.2. The average Bonchev–Trinajstić information content (AvgIpc) is 2.46. The van der Waals surface area contributed by atoms with Crippen LogP contribution in [0.4, 0.5) is 0 Å². The first-order chi connectivity index (χ1) is 8.74. The van der Waals surface area contributed by atoms with Crippen molar-refractivity contribution >= 4 is 5.91 Å². The van der Waals surface area contributed by atoms with E-state index in [2.05, 4.69) is 4.90 Å². The van der Waals surface area contributed by atoms with Gasteiger partial charge in [-0.25, -0.2) is 0 Å². The predicted octanol–water partition coefficient (Wildman–Crippen LogP) is 0.0805. The highest BCUT2D eigenvalue weighted by Crippen LogP contribution is 2.19. The standard InChI is InChI=1S/C13H24N2O3/c1-2-13(17)14-5-3-11(4-6-14)15-7-8-18-12(9-15)10-16/h11-12,16H,2-10H2,1H3. The van der Waals surface area contributed by atoms with Gasteiger partial charge in [0.05, 0.1) is 19.3 Å². The highest BCUT2D eigenvalue weighted by Gasteiger charge is 2.29. The molecule has 0 spiro atoms.